The zero-order valence-electron chi connectivity index (χ0n) is 12.0. The Morgan fingerprint density at radius 1 is 1.50 bits per heavy atom. The van der Waals surface area contributed by atoms with Crippen LogP contribution in [0.25, 0.3) is 0 Å². The standard InChI is InChI=1S/C16H21NO2S/c1-10-3-4-12-8-11(2)14(13(12)7-10)17-15(18)16(19)5-6-20-9-16/h3-4,7,11,14,19H,5-6,8-9H2,1-2H3,(H,17,18)/t11-,14-,16-/m1/s1. The summed E-state index contributed by atoms with van der Waals surface area (Å²) in [6.07, 6.45) is 1.55. The summed E-state index contributed by atoms with van der Waals surface area (Å²) in [4.78, 5) is 12.4. The molecule has 2 N–H and O–H groups in total. The highest BCUT2D eigenvalue weighted by Crippen LogP contribution is 2.37. The van der Waals surface area contributed by atoms with Gasteiger partial charge in [-0.1, -0.05) is 30.7 Å². The van der Waals surface area contributed by atoms with E-state index in [0.29, 0.717) is 18.1 Å². The fourth-order valence-electron chi connectivity index (χ4n) is 3.19. The third kappa shape index (κ3) is 2.35. The Balaban J connectivity index is 1.81. The zero-order valence-corrected chi connectivity index (χ0v) is 12.8. The monoisotopic (exact) mass is 291 g/mol. The van der Waals surface area contributed by atoms with E-state index in [4.69, 9.17) is 0 Å². The van der Waals surface area contributed by atoms with Gasteiger partial charge < -0.3 is 10.4 Å². The number of carbonyl (C=O) groups excluding carboxylic acids is 1. The largest absolute Gasteiger partial charge is 0.379 e. The number of aliphatic hydroxyl groups is 1. The lowest BCUT2D eigenvalue weighted by atomic mass is 9.98. The summed E-state index contributed by atoms with van der Waals surface area (Å²) in [5, 5.41) is 13.5. The predicted octanol–water partition coefficient (Wildman–Crippen LogP) is 2.21. The maximum Gasteiger partial charge on any atom is 0.253 e. The molecule has 1 aliphatic heterocycles. The number of aryl methyl sites for hydroxylation is 1. The molecular weight excluding hydrogens is 270 g/mol. The second kappa shape index (κ2) is 5.08. The smallest absolute Gasteiger partial charge is 0.253 e. The Hall–Kier alpha value is -1.000. The first-order valence-electron chi connectivity index (χ1n) is 7.20. The van der Waals surface area contributed by atoms with E-state index >= 15 is 0 Å². The van der Waals surface area contributed by atoms with Crippen molar-refractivity contribution in [1.82, 2.24) is 5.32 Å². The number of nitrogens with one attached hydrogen (secondary N) is 1. The molecule has 1 aromatic rings. The molecule has 0 saturated carbocycles. The van der Waals surface area contributed by atoms with E-state index in [2.05, 4.69) is 37.4 Å². The van der Waals surface area contributed by atoms with E-state index in [1.807, 2.05) is 0 Å². The highest BCUT2D eigenvalue weighted by Gasteiger charge is 2.42. The van der Waals surface area contributed by atoms with Crippen LogP contribution >= 0.6 is 11.8 Å². The van der Waals surface area contributed by atoms with Crippen LogP contribution in [-0.4, -0.2) is 28.1 Å². The van der Waals surface area contributed by atoms with E-state index < -0.39 is 5.60 Å². The summed E-state index contributed by atoms with van der Waals surface area (Å²) < 4.78 is 0. The van der Waals surface area contributed by atoms with Gasteiger partial charge in [-0.25, -0.2) is 0 Å². The van der Waals surface area contributed by atoms with E-state index in [0.717, 1.165) is 12.2 Å². The molecule has 1 saturated heterocycles. The van der Waals surface area contributed by atoms with Crippen LogP contribution in [-0.2, 0) is 11.2 Å². The molecule has 2 aliphatic rings. The number of hydrogen-bond acceptors (Lipinski definition) is 3. The molecule has 108 valence electrons. The number of thioether (sulfide) groups is 1. The molecule has 0 spiro atoms. The molecule has 1 aliphatic carbocycles. The van der Waals surface area contributed by atoms with Gasteiger partial charge in [-0.3, -0.25) is 4.79 Å². The first-order valence-corrected chi connectivity index (χ1v) is 8.35. The first-order chi connectivity index (χ1) is 9.49. The van der Waals surface area contributed by atoms with Gasteiger partial charge in [-0.05, 0) is 42.6 Å². The molecule has 3 nitrogen and oxygen atoms in total. The van der Waals surface area contributed by atoms with Gasteiger partial charge in [0.25, 0.3) is 5.91 Å². The molecule has 1 amide bonds. The summed E-state index contributed by atoms with van der Waals surface area (Å²) in [5.74, 6) is 1.56. The first kappa shape index (κ1) is 14.0. The number of hydrogen-bond donors (Lipinski definition) is 2. The van der Waals surface area contributed by atoms with Crippen LogP contribution < -0.4 is 5.32 Å². The lowest BCUT2D eigenvalue weighted by molar-refractivity contribution is -0.138. The van der Waals surface area contributed by atoms with Crippen molar-refractivity contribution in [2.45, 2.75) is 38.3 Å². The van der Waals surface area contributed by atoms with Crippen LogP contribution in [0.2, 0.25) is 0 Å². The van der Waals surface area contributed by atoms with Crippen molar-refractivity contribution in [3.63, 3.8) is 0 Å². The highest BCUT2D eigenvalue weighted by molar-refractivity contribution is 7.99. The second-order valence-corrected chi connectivity index (χ2v) is 7.27. The summed E-state index contributed by atoms with van der Waals surface area (Å²) in [5.41, 5.74) is 2.59. The summed E-state index contributed by atoms with van der Waals surface area (Å²) in [6, 6.07) is 6.48. The average Bonchev–Trinajstić information content (AvgIpc) is 2.96. The maximum atomic E-state index is 12.4. The van der Waals surface area contributed by atoms with Gasteiger partial charge in [0.05, 0.1) is 6.04 Å². The maximum absolute atomic E-state index is 12.4. The zero-order chi connectivity index (χ0) is 14.3. The second-order valence-electron chi connectivity index (χ2n) is 6.17. The average molecular weight is 291 g/mol. The van der Waals surface area contributed by atoms with Crippen molar-refractivity contribution in [3.05, 3.63) is 34.9 Å². The summed E-state index contributed by atoms with van der Waals surface area (Å²) in [6.45, 7) is 4.23. The third-order valence-corrected chi connectivity index (χ3v) is 5.63. The quantitative estimate of drug-likeness (QED) is 0.878. The fraction of sp³-hybridized carbons (Fsp3) is 0.562. The molecule has 1 aromatic carbocycles. The molecule has 1 heterocycles. The number of benzene rings is 1. The van der Waals surface area contributed by atoms with E-state index in [-0.39, 0.29) is 11.9 Å². The minimum Gasteiger partial charge on any atom is -0.379 e. The van der Waals surface area contributed by atoms with Crippen LogP contribution in [0.15, 0.2) is 18.2 Å². The van der Waals surface area contributed by atoms with Crippen molar-refractivity contribution in [3.8, 4) is 0 Å². The Bertz CT molecular complexity index is 537. The molecule has 1 fully saturated rings. The van der Waals surface area contributed by atoms with Crippen LogP contribution in [0.3, 0.4) is 0 Å². The summed E-state index contributed by atoms with van der Waals surface area (Å²) in [7, 11) is 0. The topological polar surface area (TPSA) is 49.3 Å². The van der Waals surface area contributed by atoms with E-state index in [1.54, 1.807) is 11.8 Å². The number of fused-ring (bicyclic) bond motifs is 1. The van der Waals surface area contributed by atoms with Crippen LogP contribution in [0.1, 0.15) is 36.1 Å². The Morgan fingerprint density at radius 2 is 2.30 bits per heavy atom. The lowest BCUT2D eigenvalue weighted by Crippen LogP contribution is -2.48. The number of amides is 1. The van der Waals surface area contributed by atoms with Crippen molar-refractivity contribution in [1.29, 1.82) is 0 Å². The van der Waals surface area contributed by atoms with Crippen molar-refractivity contribution >= 4 is 17.7 Å². The number of rotatable bonds is 2. The van der Waals surface area contributed by atoms with Crippen LogP contribution in [0, 0.1) is 12.8 Å². The Morgan fingerprint density at radius 3 is 3.00 bits per heavy atom. The van der Waals surface area contributed by atoms with E-state index in [9.17, 15) is 9.90 Å². The molecule has 20 heavy (non-hydrogen) atoms. The Labute approximate surface area is 124 Å². The van der Waals surface area contributed by atoms with Crippen LogP contribution in [0.5, 0.6) is 0 Å². The third-order valence-electron chi connectivity index (χ3n) is 4.46. The number of carbonyl (C=O) groups is 1. The van der Waals surface area contributed by atoms with Gasteiger partial charge in [-0.15, -0.1) is 0 Å². The fourth-order valence-corrected chi connectivity index (χ4v) is 4.43. The SMILES string of the molecule is Cc1ccc2c(c1)[C@H](NC(=O)[C@@]1(O)CCSC1)[C@H](C)C2. The van der Waals surface area contributed by atoms with E-state index in [1.165, 1.54) is 16.7 Å². The van der Waals surface area contributed by atoms with Crippen molar-refractivity contribution < 1.29 is 9.90 Å². The van der Waals surface area contributed by atoms with Gasteiger partial charge in [0.1, 0.15) is 0 Å². The van der Waals surface area contributed by atoms with Crippen molar-refractivity contribution in [2.75, 3.05) is 11.5 Å². The predicted molar refractivity (Wildman–Crippen MR) is 81.8 cm³/mol. The minimum absolute atomic E-state index is 0.0343. The van der Waals surface area contributed by atoms with Gasteiger partial charge >= 0.3 is 0 Å². The molecular formula is C16H21NO2S. The van der Waals surface area contributed by atoms with Gasteiger partial charge in [0.15, 0.2) is 5.60 Å². The van der Waals surface area contributed by atoms with Gasteiger partial charge in [0, 0.05) is 5.75 Å². The molecule has 4 heteroatoms. The van der Waals surface area contributed by atoms with Gasteiger partial charge in [0.2, 0.25) is 0 Å². The molecule has 0 unspecified atom stereocenters. The molecule has 0 radical (unpaired) electrons. The molecule has 0 aromatic heterocycles. The van der Waals surface area contributed by atoms with Crippen LogP contribution in [0.4, 0.5) is 0 Å². The highest BCUT2D eigenvalue weighted by atomic mass is 32.2. The van der Waals surface area contributed by atoms with Crippen molar-refractivity contribution in [2.24, 2.45) is 5.92 Å². The Kier molecular flexibility index (Phi) is 3.55. The van der Waals surface area contributed by atoms with Gasteiger partial charge in [-0.2, -0.15) is 11.8 Å². The molecule has 3 atom stereocenters. The lowest BCUT2D eigenvalue weighted by Gasteiger charge is -2.26. The molecule has 3 rings (SSSR count). The normalized spacial score (nSPS) is 32.1. The minimum atomic E-state index is -1.17. The summed E-state index contributed by atoms with van der Waals surface area (Å²) >= 11 is 1.65. The molecule has 0 bridgehead atoms.